The number of hydrogen-bond donors (Lipinski definition) is 1. The number of carboxylic acids is 1. The van der Waals surface area contributed by atoms with Crippen LogP contribution in [0.5, 0.6) is 0 Å². The van der Waals surface area contributed by atoms with Crippen LogP contribution in [0.2, 0.25) is 0 Å². The second-order valence-electron chi connectivity index (χ2n) is 4.42. The molecule has 2 rings (SSSR count). The van der Waals surface area contributed by atoms with E-state index in [0.717, 1.165) is 30.9 Å². The zero-order valence-electron chi connectivity index (χ0n) is 10.4. The highest BCUT2D eigenvalue weighted by Gasteiger charge is 2.26. The fraction of sp³-hybridized carbons (Fsp3) is 0.583. The summed E-state index contributed by atoms with van der Waals surface area (Å²) in [7, 11) is 1.61. The highest BCUT2D eigenvalue weighted by Crippen LogP contribution is 2.21. The van der Waals surface area contributed by atoms with Crippen LogP contribution in [0.4, 0.5) is 5.82 Å². The Morgan fingerprint density at radius 3 is 3.17 bits per heavy atom. The van der Waals surface area contributed by atoms with Crippen LogP contribution in [0.15, 0.2) is 12.4 Å². The zero-order valence-corrected chi connectivity index (χ0v) is 10.4. The predicted octanol–water partition coefficient (Wildman–Crippen LogP) is 0.924. The van der Waals surface area contributed by atoms with E-state index in [0.29, 0.717) is 13.2 Å². The van der Waals surface area contributed by atoms with E-state index in [2.05, 4.69) is 9.97 Å². The summed E-state index contributed by atoms with van der Waals surface area (Å²) in [5.41, 5.74) is 0.806. The van der Waals surface area contributed by atoms with E-state index in [9.17, 15) is 4.79 Å². The zero-order chi connectivity index (χ0) is 13.0. The van der Waals surface area contributed by atoms with Gasteiger partial charge in [0, 0.05) is 26.3 Å². The average molecular weight is 251 g/mol. The van der Waals surface area contributed by atoms with Crippen molar-refractivity contribution in [1.82, 2.24) is 9.97 Å². The van der Waals surface area contributed by atoms with Crippen LogP contribution in [0.25, 0.3) is 0 Å². The Balaban J connectivity index is 2.10. The van der Waals surface area contributed by atoms with Gasteiger partial charge in [-0.15, -0.1) is 0 Å². The second-order valence-corrected chi connectivity index (χ2v) is 4.42. The molecule has 1 aromatic heterocycles. The van der Waals surface area contributed by atoms with Gasteiger partial charge in [0.1, 0.15) is 12.1 Å². The molecule has 98 valence electrons. The van der Waals surface area contributed by atoms with E-state index in [4.69, 9.17) is 9.84 Å². The minimum atomic E-state index is -0.731. The lowest BCUT2D eigenvalue weighted by molar-refractivity contribution is -0.141. The number of ether oxygens (including phenoxy) is 1. The van der Waals surface area contributed by atoms with Gasteiger partial charge in [0.2, 0.25) is 0 Å². The molecular formula is C12H17N3O3. The maximum absolute atomic E-state index is 11.0. The summed E-state index contributed by atoms with van der Waals surface area (Å²) in [5, 5.41) is 9.06. The highest BCUT2D eigenvalue weighted by atomic mass is 16.5. The Hall–Kier alpha value is -1.69. The molecular weight excluding hydrogens is 234 g/mol. The van der Waals surface area contributed by atoms with Gasteiger partial charge in [-0.3, -0.25) is 4.79 Å². The van der Waals surface area contributed by atoms with Crippen molar-refractivity contribution in [2.24, 2.45) is 5.92 Å². The third-order valence-corrected chi connectivity index (χ3v) is 3.10. The molecule has 0 aromatic carbocycles. The standard InChI is InChI=1S/C12H17N3O3/c1-18-7-10-5-11(14-8-13-10)15-4-2-3-9(6-15)12(16)17/h5,8-9H,2-4,6-7H2,1H3,(H,16,17). The lowest BCUT2D eigenvalue weighted by atomic mass is 9.98. The van der Waals surface area contributed by atoms with Crippen molar-refractivity contribution < 1.29 is 14.6 Å². The molecule has 1 unspecified atom stereocenters. The molecule has 6 nitrogen and oxygen atoms in total. The summed E-state index contributed by atoms with van der Waals surface area (Å²) >= 11 is 0. The first-order valence-corrected chi connectivity index (χ1v) is 5.98. The first kappa shape index (κ1) is 12.8. The number of anilines is 1. The molecule has 1 atom stereocenters. The summed E-state index contributed by atoms with van der Waals surface area (Å²) in [6.45, 7) is 1.79. The Kier molecular flexibility index (Phi) is 4.09. The van der Waals surface area contributed by atoms with E-state index in [1.54, 1.807) is 7.11 Å². The average Bonchev–Trinajstić information content (AvgIpc) is 2.39. The second kappa shape index (κ2) is 5.77. The maximum atomic E-state index is 11.0. The Labute approximate surface area is 106 Å². The van der Waals surface area contributed by atoms with Crippen molar-refractivity contribution in [2.45, 2.75) is 19.4 Å². The Bertz CT molecular complexity index is 425. The third kappa shape index (κ3) is 2.95. The summed E-state index contributed by atoms with van der Waals surface area (Å²) in [6.07, 6.45) is 3.11. The molecule has 1 saturated heterocycles. The number of rotatable bonds is 4. The van der Waals surface area contributed by atoms with Crippen LogP contribution < -0.4 is 4.90 Å². The summed E-state index contributed by atoms with van der Waals surface area (Å²) in [6, 6.07) is 1.85. The SMILES string of the molecule is COCc1cc(N2CCCC(C(=O)O)C2)ncn1. The minimum Gasteiger partial charge on any atom is -0.481 e. The molecule has 18 heavy (non-hydrogen) atoms. The lowest BCUT2D eigenvalue weighted by Gasteiger charge is -2.31. The van der Waals surface area contributed by atoms with E-state index < -0.39 is 5.97 Å². The lowest BCUT2D eigenvalue weighted by Crippen LogP contribution is -2.39. The van der Waals surface area contributed by atoms with Crippen LogP contribution in [-0.4, -0.2) is 41.2 Å². The van der Waals surface area contributed by atoms with Crippen LogP contribution in [-0.2, 0) is 16.1 Å². The molecule has 6 heteroatoms. The van der Waals surface area contributed by atoms with Gasteiger partial charge in [-0.05, 0) is 12.8 Å². The summed E-state index contributed by atoms with van der Waals surface area (Å²) in [5.74, 6) is -0.256. The van der Waals surface area contributed by atoms with E-state index in [1.807, 2.05) is 11.0 Å². The van der Waals surface area contributed by atoms with E-state index in [-0.39, 0.29) is 5.92 Å². The molecule has 1 aliphatic heterocycles. The molecule has 1 fully saturated rings. The van der Waals surface area contributed by atoms with Crippen molar-refractivity contribution in [3.8, 4) is 0 Å². The number of aromatic nitrogens is 2. The summed E-state index contributed by atoms with van der Waals surface area (Å²) < 4.78 is 5.03. The molecule has 0 saturated carbocycles. The van der Waals surface area contributed by atoms with Gasteiger partial charge in [-0.2, -0.15) is 0 Å². The van der Waals surface area contributed by atoms with Gasteiger partial charge in [-0.1, -0.05) is 0 Å². The largest absolute Gasteiger partial charge is 0.481 e. The molecule has 1 aliphatic rings. The number of methoxy groups -OCH3 is 1. The number of nitrogens with zero attached hydrogens (tertiary/aromatic N) is 3. The Morgan fingerprint density at radius 2 is 2.44 bits per heavy atom. The summed E-state index contributed by atoms with van der Waals surface area (Å²) in [4.78, 5) is 21.3. The molecule has 0 spiro atoms. The van der Waals surface area contributed by atoms with Gasteiger partial charge in [0.15, 0.2) is 0 Å². The number of carbonyl (C=O) groups is 1. The van der Waals surface area contributed by atoms with Gasteiger partial charge < -0.3 is 14.7 Å². The smallest absolute Gasteiger partial charge is 0.308 e. The molecule has 0 radical (unpaired) electrons. The monoisotopic (exact) mass is 251 g/mol. The van der Waals surface area contributed by atoms with Crippen molar-refractivity contribution in [3.05, 3.63) is 18.1 Å². The topological polar surface area (TPSA) is 75.5 Å². The molecule has 0 bridgehead atoms. The molecule has 1 N–H and O–H groups in total. The minimum absolute atomic E-state index is 0.306. The quantitative estimate of drug-likeness (QED) is 0.857. The van der Waals surface area contributed by atoms with Gasteiger partial charge in [-0.25, -0.2) is 9.97 Å². The molecule has 0 aliphatic carbocycles. The van der Waals surface area contributed by atoms with Crippen LogP contribution >= 0.6 is 0 Å². The number of piperidine rings is 1. The van der Waals surface area contributed by atoms with E-state index in [1.165, 1.54) is 6.33 Å². The van der Waals surface area contributed by atoms with Crippen molar-refractivity contribution in [2.75, 3.05) is 25.1 Å². The number of hydrogen-bond acceptors (Lipinski definition) is 5. The first-order valence-electron chi connectivity index (χ1n) is 5.98. The highest BCUT2D eigenvalue weighted by molar-refractivity contribution is 5.71. The fourth-order valence-electron chi connectivity index (χ4n) is 2.17. The number of carboxylic acid groups (broad SMARTS) is 1. The van der Waals surface area contributed by atoms with E-state index >= 15 is 0 Å². The van der Waals surface area contributed by atoms with Gasteiger partial charge in [0.05, 0.1) is 18.2 Å². The van der Waals surface area contributed by atoms with Crippen LogP contribution in [0.1, 0.15) is 18.5 Å². The fourth-order valence-corrected chi connectivity index (χ4v) is 2.17. The number of aliphatic carboxylic acids is 1. The van der Waals surface area contributed by atoms with Crippen LogP contribution in [0.3, 0.4) is 0 Å². The maximum Gasteiger partial charge on any atom is 0.308 e. The molecule has 0 amide bonds. The van der Waals surface area contributed by atoms with Crippen molar-refractivity contribution in [3.63, 3.8) is 0 Å². The predicted molar refractivity (Wildman–Crippen MR) is 65.3 cm³/mol. The normalized spacial score (nSPS) is 19.8. The molecule has 2 heterocycles. The van der Waals surface area contributed by atoms with Crippen molar-refractivity contribution in [1.29, 1.82) is 0 Å². The van der Waals surface area contributed by atoms with Gasteiger partial charge in [0.25, 0.3) is 0 Å². The third-order valence-electron chi connectivity index (χ3n) is 3.10. The van der Waals surface area contributed by atoms with Crippen molar-refractivity contribution >= 4 is 11.8 Å². The van der Waals surface area contributed by atoms with Gasteiger partial charge >= 0.3 is 5.97 Å². The Morgan fingerprint density at radius 1 is 1.61 bits per heavy atom. The van der Waals surface area contributed by atoms with Crippen LogP contribution in [0, 0.1) is 5.92 Å². The molecule has 1 aromatic rings. The first-order chi connectivity index (χ1) is 8.70.